The maximum atomic E-state index is 14.3. The number of phenolic OH excluding ortho intramolecular Hbond substituents is 1. The monoisotopic (exact) mass is 359 g/mol. The topological polar surface area (TPSA) is 67.1 Å². The Labute approximate surface area is 149 Å². The molecule has 0 unspecified atom stereocenters. The van der Waals surface area contributed by atoms with Gasteiger partial charge in [-0.25, -0.2) is 23.4 Å². The third-order valence-electron chi connectivity index (χ3n) is 5.00. The van der Waals surface area contributed by atoms with Gasteiger partial charge in [-0.15, -0.1) is 0 Å². The highest BCUT2D eigenvalue weighted by Gasteiger charge is 2.26. The van der Waals surface area contributed by atoms with E-state index in [9.17, 15) is 13.9 Å². The Balaban J connectivity index is 1.66. The molecule has 26 heavy (non-hydrogen) atoms. The minimum atomic E-state index is -1.07. The van der Waals surface area contributed by atoms with Crippen LogP contribution >= 0.6 is 0 Å². The van der Waals surface area contributed by atoms with Crippen LogP contribution in [0, 0.1) is 17.0 Å². The van der Waals surface area contributed by atoms with Crippen molar-refractivity contribution < 1.29 is 13.9 Å². The zero-order valence-corrected chi connectivity index (χ0v) is 14.6. The third kappa shape index (κ3) is 2.75. The van der Waals surface area contributed by atoms with Gasteiger partial charge in [-0.3, -0.25) is 0 Å². The van der Waals surface area contributed by atoms with Gasteiger partial charge in [0.25, 0.3) is 0 Å². The minimum Gasteiger partial charge on any atom is -0.503 e. The lowest BCUT2D eigenvalue weighted by atomic mass is 9.83. The van der Waals surface area contributed by atoms with E-state index in [1.54, 1.807) is 6.20 Å². The van der Waals surface area contributed by atoms with Gasteiger partial charge in [-0.1, -0.05) is 13.8 Å². The van der Waals surface area contributed by atoms with Crippen molar-refractivity contribution in [3.05, 3.63) is 36.3 Å². The molecule has 0 radical (unpaired) electrons. The summed E-state index contributed by atoms with van der Waals surface area (Å²) in [5.74, 6) is -2.06. The molecule has 1 saturated heterocycles. The summed E-state index contributed by atoms with van der Waals surface area (Å²) < 4.78 is 29.0. The molecule has 0 saturated carbocycles. The molecule has 0 aliphatic carbocycles. The van der Waals surface area contributed by atoms with E-state index in [1.807, 2.05) is 0 Å². The number of hydrogen-bond acceptors (Lipinski definition) is 5. The number of fused-ring (bicyclic) bond motifs is 1. The van der Waals surface area contributed by atoms with Gasteiger partial charge in [0.2, 0.25) is 0 Å². The summed E-state index contributed by atoms with van der Waals surface area (Å²) >= 11 is 0. The Morgan fingerprint density at radius 2 is 1.69 bits per heavy atom. The molecule has 1 N–H and O–H groups in total. The molecule has 2 aromatic heterocycles. The van der Waals surface area contributed by atoms with E-state index in [0.29, 0.717) is 11.2 Å². The highest BCUT2D eigenvalue weighted by atomic mass is 19.1. The summed E-state index contributed by atoms with van der Waals surface area (Å²) in [5, 5.41) is 13.8. The van der Waals surface area contributed by atoms with Crippen LogP contribution < -0.4 is 4.90 Å². The molecule has 0 bridgehead atoms. The molecule has 4 rings (SSSR count). The number of hydrogen-bond donors (Lipinski definition) is 1. The molecule has 3 aromatic rings. The van der Waals surface area contributed by atoms with E-state index >= 15 is 0 Å². The Morgan fingerprint density at radius 3 is 2.35 bits per heavy atom. The van der Waals surface area contributed by atoms with Gasteiger partial charge in [-0.05, 0) is 24.3 Å². The quantitative estimate of drug-likeness (QED) is 0.759. The summed E-state index contributed by atoms with van der Waals surface area (Å²) in [4.78, 5) is 10.9. The lowest BCUT2D eigenvalue weighted by Crippen LogP contribution is -2.37. The second-order valence-electron chi connectivity index (χ2n) is 7.40. The van der Waals surface area contributed by atoms with Crippen LogP contribution in [0.3, 0.4) is 0 Å². The van der Waals surface area contributed by atoms with Gasteiger partial charge >= 0.3 is 0 Å². The Kier molecular flexibility index (Phi) is 3.78. The van der Waals surface area contributed by atoms with Crippen molar-refractivity contribution in [2.45, 2.75) is 26.7 Å². The van der Waals surface area contributed by atoms with Crippen molar-refractivity contribution in [1.29, 1.82) is 0 Å². The van der Waals surface area contributed by atoms with Crippen molar-refractivity contribution in [3.63, 3.8) is 0 Å². The molecule has 1 aliphatic rings. The van der Waals surface area contributed by atoms with E-state index in [2.05, 4.69) is 33.8 Å². The van der Waals surface area contributed by atoms with E-state index < -0.39 is 17.4 Å². The summed E-state index contributed by atoms with van der Waals surface area (Å²) in [6.07, 6.45) is 6.61. The van der Waals surface area contributed by atoms with Gasteiger partial charge in [0, 0.05) is 18.5 Å². The van der Waals surface area contributed by atoms with Gasteiger partial charge in [0.15, 0.2) is 23.2 Å². The van der Waals surface area contributed by atoms with Crippen LogP contribution in [0.2, 0.25) is 0 Å². The predicted molar refractivity (Wildman–Crippen MR) is 93.5 cm³/mol. The summed E-state index contributed by atoms with van der Waals surface area (Å²) in [6, 6.07) is 1.04. The molecule has 0 spiro atoms. The molecule has 3 heterocycles. The molecule has 1 aliphatic heterocycles. The van der Waals surface area contributed by atoms with Crippen LogP contribution in [-0.2, 0) is 0 Å². The third-order valence-corrected chi connectivity index (χ3v) is 5.00. The Hall–Kier alpha value is -2.77. The molecule has 1 aromatic carbocycles. The average molecular weight is 359 g/mol. The smallest absolute Gasteiger partial charge is 0.194 e. The SMILES string of the molecule is CC1(C)CCN(c2cnc(-n3ncc4cc(F)c(O)c(F)c43)cn2)CC1. The summed E-state index contributed by atoms with van der Waals surface area (Å²) in [6.45, 7) is 6.34. The minimum absolute atomic E-state index is 0.0364. The van der Waals surface area contributed by atoms with Crippen molar-refractivity contribution in [2.75, 3.05) is 18.0 Å². The zero-order valence-electron chi connectivity index (χ0n) is 14.6. The van der Waals surface area contributed by atoms with Gasteiger partial charge in [0.05, 0.1) is 18.6 Å². The highest BCUT2D eigenvalue weighted by molar-refractivity contribution is 5.82. The first-order valence-electron chi connectivity index (χ1n) is 8.48. The molecule has 6 nitrogen and oxygen atoms in total. The van der Waals surface area contributed by atoms with E-state index in [1.165, 1.54) is 17.1 Å². The van der Waals surface area contributed by atoms with Crippen molar-refractivity contribution in [1.82, 2.24) is 19.7 Å². The fourth-order valence-corrected chi connectivity index (χ4v) is 3.21. The fraction of sp³-hybridized carbons (Fsp3) is 0.389. The van der Waals surface area contributed by atoms with Crippen LogP contribution in [0.4, 0.5) is 14.6 Å². The van der Waals surface area contributed by atoms with Crippen LogP contribution in [-0.4, -0.2) is 37.9 Å². The van der Waals surface area contributed by atoms with E-state index in [0.717, 1.165) is 37.8 Å². The van der Waals surface area contributed by atoms with E-state index in [4.69, 9.17) is 0 Å². The van der Waals surface area contributed by atoms with Crippen LogP contribution in [0.15, 0.2) is 24.7 Å². The number of aromatic hydroxyl groups is 1. The number of anilines is 1. The molecule has 0 amide bonds. The molecular weight excluding hydrogens is 340 g/mol. The second kappa shape index (κ2) is 5.89. The van der Waals surface area contributed by atoms with E-state index in [-0.39, 0.29) is 10.9 Å². The average Bonchev–Trinajstić information content (AvgIpc) is 3.04. The first-order valence-corrected chi connectivity index (χ1v) is 8.48. The maximum absolute atomic E-state index is 14.3. The summed E-state index contributed by atoms with van der Waals surface area (Å²) in [5.41, 5.74) is 0.304. The number of nitrogens with zero attached hydrogens (tertiary/aromatic N) is 5. The molecule has 136 valence electrons. The largest absolute Gasteiger partial charge is 0.503 e. The van der Waals surface area contributed by atoms with Crippen molar-refractivity contribution in [2.24, 2.45) is 5.41 Å². The normalized spacial score (nSPS) is 17.0. The second-order valence-corrected chi connectivity index (χ2v) is 7.40. The molecule has 0 atom stereocenters. The summed E-state index contributed by atoms with van der Waals surface area (Å²) in [7, 11) is 0. The van der Waals surface area contributed by atoms with Crippen LogP contribution in [0.1, 0.15) is 26.7 Å². The lowest BCUT2D eigenvalue weighted by Gasteiger charge is -2.37. The van der Waals surface area contributed by atoms with Gasteiger partial charge < -0.3 is 10.0 Å². The Bertz CT molecular complexity index is 958. The first kappa shape index (κ1) is 16.7. The van der Waals surface area contributed by atoms with Crippen molar-refractivity contribution >= 4 is 16.7 Å². The molecular formula is C18H19F2N5O. The number of rotatable bonds is 2. The van der Waals surface area contributed by atoms with Crippen LogP contribution in [0.25, 0.3) is 16.7 Å². The maximum Gasteiger partial charge on any atom is 0.194 e. The number of halogens is 2. The van der Waals surface area contributed by atoms with Gasteiger partial charge in [0.1, 0.15) is 11.3 Å². The molecule has 1 fully saturated rings. The number of piperidine rings is 1. The first-order chi connectivity index (χ1) is 12.4. The van der Waals surface area contributed by atoms with Gasteiger partial charge in [-0.2, -0.15) is 5.10 Å². The predicted octanol–water partition coefficient (Wildman–Crippen LogP) is 3.43. The number of phenols is 1. The standard InChI is InChI=1S/C18H19F2N5O/c1-18(2)3-5-24(6-4-18)13-9-22-14(10-21-13)25-16-11(8-23-25)7-12(19)17(26)15(16)20/h7-10,26H,3-6H2,1-2H3. The zero-order chi connectivity index (χ0) is 18.5. The lowest BCUT2D eigenvalue weighted by molar-refractivity contribution is 0.279. The van der Waals surface area contributed by atoms with Crippen molar-refractivity contribution in [3.8, 4) is 11.6 Å². The number of benzene rings is 1. The highest BCUT2D eigenvalue weighted by Crippen LogP contribution is 2.32. The molecule has 8 heteroatoms. The van der Waals surface area contributed by atoms with Crippen LogP contribution in [0.5, 0.6) is 5.75 Å². The number of aromatic nitrogens is 4. The Morgan fingerprint density at radius 1 is 1.04 bits per heavy atom. The fourth-order valence-electron chi connectivity index (χ4n) is 3.21.